The average molecular weight is 464 g/mol. The summed E-state index contributed by atoms with van der Waals surface area (Å²) in [5.41, 5.74) is 3.15. The molecule has 0 unspecified atom stereocenters. The summed E-state index contributed by atoms with van der Waals surface area (Å²) < 4.78 is 12.6. The number of fused-ring (bicyclic) bond motifs is 1. The van der Waals surface area contributed by atoms with Crippen molar-refractivity contribution in [3.8, 4) is 11.6 Å². The fourth-order valence-electron chi connectivity index (χ4n) is 3.82. The molecule has 1 N–H and O–H groups in total. The number of Topliss-reactive ketones (excluding diaryl/α,β-unsaturated/α-hetero) is 1. The molecule has 2 aromatic carbocycles. The Kier molecular flexibility index (Phi) is 6.33. The third-order valence-electron chi connectivity index (χ3n) is 5.41. The molecule has 0 aliphatic rings. The molecule has 0 spiro atoms. The molecule has 0 aliphatic heterocycles. The van der Waals surface area contributed by atoms with E-state index in [4.69, 9.17) is 21.1 Å². The first kappa shape index (κ1) is 22.4. The highest BCUT2D eigenvalue weighted by Crippen LogP contribution is 2.34. The zero-order valence-electron chi connectivity index (χ0n) is 18.4. The molecule has 8 heteroatoms. The molecule has 0 fully saturated rings. The van der Waals surface area contributed by atoms with Gasteiger partial charge in [0.1, 0.15) is 5.75 Å². The highest BCUT2D eigenvalue weighted by molar-refractivity contribution is 6.48. The fourth-order valence-corrected chi connectivity index (χ4v) is 3.95. The number of ether oxygens (including phenoxy) is 2. The summed E-state index contributed by atoms with van der Waals surface area (Å²) >= 11 is 6.03. The van der Waals surface area contributed by atoms with Crippen LogP contribution in [0, 0.1) is 6.92 Å². The summed E-state index contributed by atoms with van der Waals surface area (Å²) in [6.07, 6.45) is 1.49. The Bertz CT molecular complexity index is 1350. The molecule has 7 nitrogen and oxygen atoms in total. The van der Waals surface area contributed by atoms with E-state index in [2.05, 4.69) is 10.3 Å². The number of nitrogens with zero attached hydrogens (tertiary/aromatic N) is 2. The maximum Gasteiger partial charge on any atom is 0.296 e. The Hall–Kier alpha value is -3.84. The van der Waals surface area contributed by atoms with Crippen molar-refractivity contribution < 1.29 is 19.1 Å². The van der Waals surface area contributed by atoms with Gasteiger partial charge < -0.3 is 19.4 Å². The van der Waals surface area contributed by atoms with Crippen molar-refractivity contribution in [2.45, 2.75) is 13.5 Å². The standard InChI is InChI=1S/C25H22ClN3O4/c1-15-22(24(30)25(31)28-18-11-12-27-21(13-18)33-3)19-5-4-6-20(32-2)23(19)29(15)14-16-7-9-17(26)10-8-16/h4-13H,14H2,1-3H3,(H,27,28,31). The molecule has 0 atom stereocenters. The number of ketones is 1. The summed E-state index contributed by atoms with van der Waals surface area (Å²) in [4.78, 5) is 30.2. The molecule has 0 aliphatic carbocycles. The third kappa shape index (κ3) is 4.40. The topological polar surface area (TPSA) is 82.5 Å². The van der Waals surface area contributed by atoms with Gasteiger partial charge in [0.25, 0.3) is 11.7 Å². The first-order valence-electron chi connectivity index (χ1n) is 10.2. The van der Waals surface area contributed by atoms with Crippen LogP contribution in [0.15, 0.2) is 60.8 Å². The van der Waals surface area contributed by atoms with Crippen molar-refractivity contribution in [3.05, 3.63) is 82.6 Å². The lowest BCUT2D eigenvalue weighted by molar-refractivity contribution is -0.112. The Labute approximate surface area is 195 Å². The van der Waals surface area contributed by atoms with E-state index in [0.29, 0.717) is 45.5 Å². The minimum Gasteiger partial charge on any atom is -0.495 e. The van der Waals surface area contributed by atoms with Crippen molar-refractivity contribution in [2.24, 2.45) is 0 Å². The van der Waals surface area contributed by atoms with Gasteiger partial charge in [-0.25, -0.2) is 4.98 Å². The minimum absolute atomic E-state index is 0.330. The molecule has 0 bridgehead atoms. The number of hydrogen-bond acceptors (Lipinski definition) is 5. The number of carbonyl (C=O) groups is 2. The van der Waals surface area contributed by atoms with Crippen LogP contribution in [0.5, 0.6) is 11.6 Å². The van der Waals surface area contributed by atoms with Gasteiger partial charge in [0, 0.05) is 40.6 Å². The second-order valence-electron chi connectivity index (χ2n) is 7.40. The van der Waals surface area contributed by atoms with Crippen molar-refractivity contribution >= 4 is 39.9 Å². The molecular formula is C25H22ClN3O4. The second kappa shape index (κ2) is 9.34. The maximum absolute atomic E-state index is 13.3. The summed E-state index contributed by atoms with van der Waals surface area (Å²) in [6, 6.07) is 16.1. The van der Waals surface area contributed by atoms with Crippen LogP contribution in [-0.2, 0) is 11.3 Å². The number of aromatic nitrogens is 2. The van der Waals surface area contributed by atoms with E-state index < -0.39 is 11.7 Å². The van der Waals surface area contributed by atoms with Gasteiger partial charge in [-0.15, -0.1) is 0 Å². The van der Waals surface area contributed by atoms with E-state index in [1.54, 1.807) is 25.3 Å². The van der Waals surface area contributed by atoms with Crippen LogP contribution in [-0.4, -0.2) is 35.5 Å². The van der Waals surface area contributed by atoms with E-state index >= 15 is 0 Å². The molecule has 0 saturated heterocycles. The van der Waals surface area contributed by atoms with Crippen molar-refractivity contribution in [3.63, 3.8) is 0 Å². The SMILES string of the molecule is COc1cc(NC(=O)C(=O)c2c(C)n(Cc3ccc(Cl)cc3)c3c(OC)cccc23)ccn1. The van der Waals surface area contributed by atoms with E-state index in [1.807, 2.05) is 47.9 Å². The lowest BCUT2D eigenvalue weighted by atomic mass is 10.1. The Morgan fingerprint density at radius 3 is 2.52 bits per heavy atom. The van der Waals surface area contributed by atoms with Crippen LogP contribution >= 0.6 is 11.6 Å². The van der Waals surface area contributed by atoms with Gasteiger partial charge in [-0.1, -0.05) is 35.9 Å². The van der Waals surface area contributed by atoms with E-state index in [-0.39, 0.29) is 0 Å². The fraction of sp³-hybridized carbons (Fsp3) is 0.160. The molecule has 0 radical (unpaired) electrons. The number of para-hydroxylation sites is 1. The van der Waals surface area contributed by atoms with Gasteiger partial charge in [0.05, 0.1) is 25.3 Å². The van der Waals surface area contributed by atoms with E-state index in [1.165, 1.54) is 13.3 Å². The normalized spacial score (nSPS) is 10.8. The number of pyridine rings is 1. The predicted molar refractivity (Wildman–Crippen MR) is 128 cm³/mol. The number of rotatable bonds is 7. The number of amides is 1. The van der Waals surface area contributed by atoms with Crippen LogP contribution in [0.1, 0.15) is 21.6 Å². The number of benzene rings is 2. The molecule has 4 rings (SSSR count). The Morgan fingerprint density at radius 2 is 1.82 bits per heavy atom. The predicted octanol–water partition coefficient (Wildman–Crippen LogP) is 4.89. The average Bonchev–Trinajstić information content (AvgIpc) is 3.11. The summed E-state index contributed by atoms with van der Waals surface area (Å²) in [6.45, 7) is 2.31. The molecule has 4 aromatic rings. The van der Waals surface area contributed by atoms with Gasteiger partial charge >= 0.3 is 0 Å². The van der Waals surface area contributed by atoms with Crippen LogP contribution in [0.2, 0.25) is 5.02 Å². The molecular weight excluding hydrogens is 442 g/mol. The smallest absolute Gasteiger partial charge is 0.296 e. The molecule has 2 aromatic heterocycles. The first-order chi connectivity index (χ1) is 15.9. The molecule has 33 heavy (non-hydrogen) atoms. The number of carbonyl (C=O) groups excluding carboxylic acids is 2. The van der Waals surface area contributed by atoms with Crippen LogP contribution in [0.3, 0.4) is 0 Å². The number of hydrogen-bond donors (Lipinski definition) is 1. The number of methoxy groups -OCH3 is 2. The maximum atomic E-state index is 13.3. The van der Waals surface area contributed by atoms with Crippen molar-refractivity contribution in [1.29, 1.82) is 0 Å². The van der Waals surface area contributed by atoms with Gasteiger partial charge in [0.2, 0.25) is 5.88 Å². The number of anilines is 1. The molecule has 2 heterocycles. The first-order valence-corrected chi connectivity index (χ1v) is 10.6. The van der Waals surface area contributed by atoms with Gasteiger partial charge in [-0.2, -0.15) is 0 Å². The third-order valence-corrected chi connectivity index (χ3v) is 5.67. The van der Waals surface area contributed by atoms with E-state index in [9.17, 15) is 9.59 Å². The summed E-state index contributed by atoms with van der Waals surface area (Å²) in [5.74, 6) is -0.445. The van der Waals surface area contributed by atoms with Crippen LogP contribution < -0.4 is 14.8 Å². The lowest BCUT2D eigenvalue weighted by Crippen LogP contribution is -2.23. The molecule has 0 saturated carbocycles. The molecule has 1 amide bonds. The Balaban J connectivity index is 1.76. The highest BCUT2D eigenvalue weighted by Gasteiger charge is 2.27. The minimum atomic E-state index is -0.750. The number of nitrogens with one attached hydrogen (secondary N) is 1. The van der Waals surface area contributed by atoms with Crippen molar-refractivity contribution in [1.82, 2.24) is 9.55 Å². The molecule has 168 valence electrons. The van der Waals surface area contributed by atoms with Gasteiger partial charge in [-0.3, -0.25) is 9.59 Å². The van der Waals surface area contributed by atoms with Crippen molar-refractivity contribution in [2.75, 3.05) is 19.5 Å². The van der Waals surface area contributed by atoms with Crippen LogP contribution in [0.25, 0.3) is 10.9 Å². The zero-order chi connectivity index (χ0) is 23.5. The monoisotopic (exact) mass is 463 g/mol. The Morgan fingerprint density at radius 1 is 1.06 bits per heavy atom. The highest BCUT2D eigenvalue weighted by atomic mass is 35.5. The number of halogens is 1. The summed E-state index contributed by atoms with van der Waals surface area (Å²) in [7, 11) is 3.06. The van der Waals surface area contributed by atoms with Crippen LogP contribution in [0.4, 0.5) is 5.69 Å². The lowest BCUT2D eigenvalue weighted by Gasteiger charge is -2.11. The van der Waals surface area contributed by atoms with Gasteiger partial charge in [-0.05, 0) is 36.8 Å². The second-order valence-corrected chi connectivity index (χ2v) is 7.84. The van der Waals surface area contributed by atoms with E-state index in [0.717, 1.165) is 11.1 Å². The summed E-state index contributed by atoms with van der Waals surface area (Å²) in [5, 5.41) is 3.93. The quantitative estimate of drug-likeness (QED) is 0.312. The largest absolute Gasteiger partial charge is 0.495 e. The van der Waals surface area contributed by atoms with Gasteiger partial charge in [0.15, 0.2) is 0 Å². The zero-order valence-corrected chi connectivity index (χ0v) is 19.1.